The molecule has 0 fully saturated rings. The number of thiazole rings is 1. The van der Waals surface area contributed by atoms with Crippen LogP contribution in [-0.4, -0.2) is 9.91 Å². The minimum absolute atomic E-state index is 0.180. The quantitative estimate of drug-likeness (QED) is 0.534. The second kappa shape index (κ2) is 3.02. The lowest BCUT2D eigenvalue weighted by Crippen LogP contribution is -1.93. The van der Waals surface area contributed by atoms with Crippen LogP contribution in [0, 0.1) is 24.0 Å². The number of aromatic nitrogens is 1. The molecular formula is C9H8N2O2S. The summed E-state index contributed by atoms with van der Waals surface area (Å²) in [5, 5.41) is 10.7. The molecule has 0 aliphatic rings. The van der Waals surface area contributed by atoms with Crippen LogP contribution >= 0.6 is 11.3 Å². The fourth-order valence-corrected chi connectivity index (χ4v) is 2.35. The van der Waals surface area contributed by atoms with Gasteiger partial charge in [-0.1, -0.05) is 0 Å². The van der Waals surface area contributed by atoms with Crippen LogP contribution in [0.3, 0.4) is 0 Å². The van der Waals surface area contributed by atoms with Gasteiger partial charge in [0, 0.05) is 11.6 Å². The average Bonchev–Trinajstić information content (AvgIpc) is 2.59. The molecule has 0 spiro atoms. The lowest BCUT2D eigenvalue weighted by Gasteiger charge is -2.00. The molecule has 0 radical (unpaired) electrons. The van der Waals surface area contributed by atoms with E-state index in [2.05, 4.69) is 4.98 Å². The summed E-state index contributed by atoms with van der Waals surface area (Å²) in [4.78, 5) is 14.6. The fraction of sp³-hybridized carbons (Fsp3) is 0.222. The van der Waals surface area contributed by atoms with Crippen molar-refractivity contribution >= 4 is 27.2 Å². The molecule has 1 aromatic heterocycles. The molecule has 0 atom stereocenters. The van der Waals surface area contributed by atoms with Gasteiger partial charge in [0.1, 0.15) is 0 Å². The van der Waals surface area contributed by atoms with Crippen LogP contribution < -0.4 is 0 Å². The Bertz CT molecular complexity index is 519. The molecule has 0 amide bonds. The third kappa shape index (κ3) is 1.17. The van der Waals surface area contributed by atoms with Gasteiger partial charge in [-0.2, -0.15) is 0 Å². The molecule has 1 aromatic carbocycles. The van der Waals surface area contributed by atoms with E-state index in [4.69, 9.17) is 0 Å². The van der Waals surface area contributed by atoms with Crippen LogP contribution in [0.2, 0.25) is 0 Å². The number of benzene rings is 1. The minimum Gasteiger partial charge on any atom is -0.258 e. The lowest BCUT2D eigenvalue weighted by atomic mass is 10.1. The van der Waals surface area contributed by atoms with E-state index in [0.717, 1.165) is 15.8 Å². The first kappa shape index (κ1) is 9.08. The van der Waals surface area contributed by atoms with Gasteiger partial charge in [-0.3, -0.25) is 10.1 Å². The van der Waals surface area contributed by atoms with Crippen LogP contribution in [0.4, 0.5) is 5.69 Å². The molecule has 0 N–H and O–H groups in total. The van der Waals surface area contributed by atoms with Crippen molar-refractivity contribution in [1.29, 1.82) is 0 Å². The zero-order valence-electron chi connectivity index (χ0n) is 7.77. The maximum Gasteiger partial charge on any atom is 0.274 e. The minimum atomic E-state index is -0.346. The Hall–Kier alpha value is -1.49. The van der Waals surface area contributed by atoms with Crippen LogP contribution in [-0.2, 0) is 0 Å². The van der Waals surface area contributed by atoms with E-state index in [1.807, 2.05) is 6.92 Å². The molecule has 0 bridgehead atoms. The number of nitro groups is 1. The van der Waals surface area contributed by atoms with Gasteiger partial charge in [-0.25, -0.2) is 4.98 Å². The Morgan fingerprint density at radius 1 is 1.50 bits per heavy atom. The number of aryl methyl sites for hydroxylation is 2. The Labute approximate surface area is 84.4 Å². The fourth-order valence-electron chi connectivity index (χ4n) is 1.48. The lowest BCUT2D eigenvalue weighted by molar-refractivity contribution is -0.385. The molecule has 2 rings (SSSR count). The molecule has 0 aliphatic carbocycles. The first-order chi connectivity index (χ1) is 6.61. The van der Waals surface area contributed by atoms with E-state index < -0.39 is 0 Å². The second-order valence-corrected chi connectivity index (χ2v) is 3.98. The zero-order chi connectivity index (χ0) is 10.3. The van der Waals surface area contributed by atoms with Gasteiger partial charge < -0.3 is 0 Å². The summed E-state index contributed by atoms with van der Waals surface area (Å²) in [7, 11) is 0. The van der Waals surface area contributed by atoms with Crippen LogP contribution in [0.1, 0.15) is 11.1 Å². The molecule has 0 saturated heterocycles. The largest absolute Gasteiger partial charge is 0.274 e. The topological polar surface area (TPSA) is 56.0 Å². The van der Waals surface area contributed by atoms with Gasteiger partial charge in [0.15, 0.2) is 0 Å². The number of hydrogen-bond acceptors (Lipinski definition) is 4. The third-order valence-corrected chi connectivity index (χ3v) is 3.16. The highest BCUT2D eigenvalue weighted by atomic mass is 32.1. The van der Waals surface area contributed by atoms with Crippen molar-refractivity contribution in [2.24, 2.45) is 0 Å². The summed E-state index contributed by atoms with van der Waals surface area (Å²) in [5.74, 6) is 0. The molecule has 1 heterocycles. The molecule has 5 heteroatoms. The molecule has 0 aliphatic heterocycles. The molecular weight excluding hydrogens is 200 g/mol. The van der Waals surface area contributed by atoms with Crippen LogP contribution in [0.25, 0.3) is 10.2 Å². The summed E-state index contributed by atoms with van der Waals surface area (Å²) in [6, 6.07) is 1.58. The smallest absolute Gasteiger partial charge is 0.258 e. The molecule has 14 heavy (non-hydrogen) atoms. The number of nitro benzene ring substituents is 1. The summed E-state index contributed by atoms with van der Waals surface area (Å²) in [6.07, 6.45) is 0. The van der Waals surface area contributed by atoms with E-state index in [1.165, 1.54) is 11.3 Å². The van der Waals surface area contributed by atoms with Crippen LogP contribution in [0.15, 0.2) is 11.6 Å². The van der Waals surface area contributed by atoms with E-state index in [9.17, 15) is 10.1 Å². The number of rotatable bonds is 1. The van der Waals surface area contributed by atoms with Crippen molar-refractivity contribution in [3.8, 4) is 0 Å². The summed E-state index contributed by atoms with van der Waals surface area (Å²) in [5.41, 5.74) is 4.34. The van der Waals surface area contributed by atoms with Crippen molar-refractivity contribution < 1.29 is 4.92 Å². The highest BCUT2D eigenvalue weighted by molar-refractivity contribution is 7.17. The van der Waals surface area contributed by atoms with E-state index in [-0.39, 0.29) is 10.6 Å². The van der Waals surface area contributed by atoms with Gasteiger partial charge in [0.25, 0.3) is 5.69 Å². The van der Waals surface area contributed by atoms with Crippen molar-refractivity contribution in [2.75, 3.05) is 0 Å². The molecule has 4 nitrogen and oxygen atoms in total. The van der Waals surface area contributed by atoms with Crippen molar-refractivity contribution in [2.45, 2.75) is 13.8 Å². The summed E-state index contributed by atoms with van der Waals surface area (Å²) in [6.45, 7) is 3.60. The number of nitrogens with zero attached hydrogens (tertiary/aromatic N) is 2. The molecule has 0 unspecified atom stereocenters. The number of fused-ring (bicyclic) bond motifs is 1. The third-order valence-electron chi connectivity index (χ3n) is 2.22. The monoisotopic (exact) mass is 208 g/mol. The van der Waals surface area contributed by atoms with Gasteiger partial charge in [0.2, 0.25) is 0 Å². The van der Waals surface area contributed by atoms with Gasteiger partial charge in [-0.05, 0) is 19.4 Å². The summed E-state index contributed by atoms with van der Waals surface area (Å²) >= 11 is 1.44. The Kier molecular flexibility index (Phi) is 1.96. The average molecular weight is 208 g/mol. The highest BCUT2D eigenvalue weighted by Gasteiger charge is 2.16. The normalized spacial score (nSPS) is 10.7. The van der Waals surface area contributed by atoms with E-state index in [0.29, 0.717) is 5.56 Å². The highest BCUT2D eigenvalue weighted by Crippen LogP contribution is 2.31. The van der Waals surface area contributed by atoms with E-state index >= 15 is 0 Å². The second-order valence-electron chi connectivity index (χ2n) is 3.12. The van der Waals surface area contributed by atoms with E-state index in [1.54, 1.807) is 18.5 Å². The Morgan fingerprint density at radius 3 is 2.86 bits per heavy atom. The predicted molar refractivity (Wildman–Crippen MR) is 55.7 cm³/mol. The predicted octanol–water partition coefficient (Wildman–Crippen LogP) is 2.82. The number of hydrogen-bond donors (Lipinski definition) is 0. The first-order valence-corrected chi connectivity index (χ1v) is 4.97. The van der Waals surface area contributed by atoms with Crippen molar-refractivity contribution in [1.82, 2.24) is 4.98 Å². The molecule has 72 valence electrons. The SMILES string of the molecule is Cc1cc([N+](=O)[O-])c(C)c2scnc12. The van der Waals surface area contributed by atoms with Gasteiger partial charge >= 0.3 is 0 Å². The van der Waals surface area contributed by atoms with Gasteiger partial charge in [-0.15, -0.1) is 11.3 Å². The maximum atomic E-state index is 10.7. The van der Waals surface area contributed by atoms with Gasteiger partial charge in [0.05, 0.1) is 20.7 Å². The Balaban J connectivity index is 2.88. The molecule has 0 saturated carbocycles. The van der Waals surface area contributed by atoms with Crippen molar-refractivity contribution in [3.05, 3.63) is 32.8 Å². The first-order valence-electron chi connectivity index (χ1n) is 4.09. The van der Waals surface area contributed by atoms with Crippen molar-refractivity contribution in [3.63, 3.8) is 0 Å². The zero-order valence-corrected chi connectivity index (χ0v) is 8.59. The standard InChI is InChI=1S/C9H8N2O2S/c1-5-3-7(11(12)13)6(2)9-8(5)10-4-14-9/h3-4H,1-2H3. The Morgan fingerprint density at radius 2 is 2.21 bits per heavy atom. The van der Waals surface area contributed by atoms with Crippen LogP contribution in [0.5, 0.6) is 0 Å². The maximum absolute atomic E-state index is 10.7. The molecule has 2 aromatic rings. The summed E-state index contributed by atoms with van der Waals surface area (Å²) < 4.78 is 0.914.